The van der Waals surface area contributed by atoms with Crippen molar-refractivity contribution in [3.05, 3.63) is 261 Å². The minimum atomic E-state index is 0.299. The molecule has 8 saturated heterocycles. The van der Waals surface area contributed by atoms with Gasteiger partial charge in [0, 0.05) is 242 Å². The Morgan fingerprint density at radius 3 is 0.977 bits per heavy atom. The van der Waals surface area contributed by atoms with Gasteiger partial charge in [-0.2, -0.15) is 0 Å². The Balaban J connectivity index is 0.000000118. The van der Waals surface area contributed by atoms with Gasteiger partial charge in [-0.1, -0.05) is 189 Å². The van der Waals surface area contributed by atoms with E-state index in [1.54, 1.807) is 0 Å². The van der Waals surface area contributed by atoms with Gasteiger partial charge in [0.05, 0.1) is 0 Å². The van der Waals surface area contributed by atoms with Crippen molar-refractivity contribution in [2.45, 2.75) is 152 Å². The number of nitrogens with one attached hydrogen (secondary N) is 4. The standard InChI is InChI=1S/C32H44N4.C28H36N4O.C28H38N4.C27H36N4/c1-34-18-20-36(21-19-34)32(14-5-2-6-15-32)25-33-30-12-16-35(17-13-30)31-11-7-10-28(24-31)29-22-26-8-3-4-9-27(26)23-29;1-30-15-17-32(18-16-30)28(33)9-12-29-26-10-13-31(14-11-26)27-8-4-7-24(21-27)25-19-22-5-2-3-6-23(22)20-25;1-30-16-18-31(19-17-30)13-5-12-29-27-10-14-32(15-11-27)28-9-4-8-25(22-28)26-20-23-6-2-3-7-24(23)21-26;1-29-15-17-30(18-16-29)14-11-28-26-9-12-31(13-10-26)27-8-4-7-24(21-27)25-19-22-5-2-3-6-23(22)20-25/h3-4,7-11,22,24,30,33H,2,5-6,12-21,23,25H2,1H3;2-8,19,21,26,29H,9-18,20H2,1H3;2-4,6-9,20,22,27,29H,5,10-19,21H2,1H3;2-8,19,21,26,28H,9-18,20H2,1H3. The van der Waals surface area contributed by atoms with Crippen LogP contribution in [-0.2, 0) is 30.5 Å². The van der Waals surface area contributed by atoms with Gasteiger partial charge < -0.3 is 70.3 Å². The van der Waals surface area contributed by atoms with Crippen LogP contribution in [0.2, 0.25) is 0 Å². The van der Waals surface area contributed by atoms with E-state index in [4.69, 9.17) is 0 Å². The summed E-state index contributed by atoms with van der Waals surface area (Å²) in [6.07, 6.45) is 32.2. The minimum Gasteiger partial charge on any atom is -0.371 e. The van der Waals surface area contributed by atoms with E-state index < -0.39 is 0 Å². The number of carbonyl (C=O) groups excluding carboxylic acids is 1. The molecule has 8 aromatic carbocycles. The van der Waals surface area contributed by atoms with Crippen LogP contribution in [0, 0.1) is 0 Å². The van der Waals surface area contributed by atoms with Gasteiger partial charge in [0.2, 0.25) is 5.91 Å². The van der Waals surface area contributed by atoms with E-state index in [-0.39, 0.29) is 0 Å². The first kappa shape index (κ1) is 93.4. The smallest absolute Gasteiger partial charge is 0.223 e. The Kier molecular flexibility index (Phi) is 32.5. The molecule has 1 saturated carbocycles. The van der Waals surface area contributed by atoms with Gasteiger partial charge in [-0.15, -0.1) is 0 Å². The average molecular weight is 1780 g/mol. The Hall–Kier alpha value is -9.05. The lowest BCUT2D eigenvalue weighted by Gasteiger charge is -2.50. The fourth-order valence-corrected chi connectivity index (χ4v) is 23.0. The summed E-state index contributed by atoms with van der Waals surface area (Å²) in [5.74, 6) is 0.299. The Morgan fingerprint density at radius 2 is 0.621 bits per heavy atom. The molecule has 0 atom stereocenters. The SMILES string of the molecule is CN1CCN(C(=O)CCNC2CCN(c3cccc(C4=Cc5ccccc5C4)c3)CC2)CC1.CN1CCN(C2(CNC3CCN(c4cccc(C5=Cc6ccccc6C5)c4)CC3)CCCCC2)CC1.CN1CCN(CCCNC2CCN(c3cccc(C4=Cc5ccccc5C4)c3)CC2)CC1.CN1CCN(CCNC2CCN(c3cccc(C4=Cc5ccccc5C4)c3)CC2)CC1. The number of piperazine rings is 4. The monoisotopic (exact) mass is 1780 g/mol. The average Bonchev–Trinajstić information content (AvgIpc) is 1.11. The van der Waals surface area contributed by atoms with Crippen LogP contribution in [-0.4, -0.2) is 299 Å². The molecule has 17 heteroatoms. The van der Waals surface area contributed by atoms with Crippen molar-refractivity contribution in [3.8, 4) is 0 Å². The number of allylic oxidation sites excluding steroid dienone is 4. The van der Waals surface area contributed by atoms with Gasteiger partial charge in [-0.25, -0.2) is 0 Å². The normalized spacial score (nSPS) is 21.1. The second-order valence-electron chi connectivity index (χ2n) is 40.8. The first-order valence-electron chi connectivity index (χ1n) is 51.5. The summed E-state index contributed by atoms with van der Waals surface area (Å²) < 4.78 is 0. The zero-order valence-electron chi connectivity index (χ0n) is 80.5. The molecule has 132 heavy (non-hydrogen) atoms. The highest BCUT2D eigenvalue weighted by Crippen LogP contribution is 2.40. The third kappa shape index (κ3) is 25.0. The predicted molar refractivity (Wildman–Crippen MR) is 557 cm³/mol. The summed E-state index contributed by atoms with van der Waals surface area (Å²) in [6, 6.07) is 74.3. The molecule has 0 spiro atoms. The van der Waals surface area contributed by atoms with Gasteiger partial charge in [0.25, 0.3) is 0 Å². The Bertz CT molecular complexity index is 5160. The number of anilines is 4. The maximum atomic E-state index is 12.5. The van der Waals surface area contributed by atoms with Gasteiger partial charge >= 0.3 is 0 Å². The van der Waals surface area contributed by atoms with Crippen LogP contribution in [0.15, 0.2) is 194 Å². The van der Waals surface area contributed by atoms with Crippen molar-refractivity contribution >= 4 is 75.3 Å². The molecular formula is C115H154N16O. The Morgan fingerprint density at radius 1 is 0.311 bits per heavy atom. The molecule has 8 aliphatic heterocycles. The third-order valence-corrected chi connectivity index (χ3v) is 31.8. The maximum absolute atomic E-state index is 12.5. The van der Waals surface area contributed by atoms with Crippen LogP contribution < -0.4 is 40.9 Å². The van der Waals surface area contributed by atoms with Crippen molar-refractivity contribution < 1.29 is 4.79 Å². The molecule has 5 aliphatic carbocycles. The molecule has 13 aliphatic rings. The molecule has 9 fully saturated rings. The van der Waals surface area contributed by atoms with Crippen molar-refractivity contribution in [2.24, 2.45) is 0 Å². The minimum absolute atomic E-state index is 0.299. The number of amides is 1. The summed E-state index contributed by atoms with van der Waals surface area (Å²) in [6.45, 7) is 34.1. The molecule has 0 radical (unpaired) electrons. The molecule has 0 bridgehead atoms. The summed E-state index contributed by atoms with van der Waals surface area (Å²) in [4.78, 5) is 42.5. The van der Waals surface area contributed by atoms with Gasteiger partial charge in [0.15, 0.2) is 0 Å². The molecule has 700 valence electrons. The van der Waals surface area contributed by atoms with Crippen molar-refractivity contribution in [2.75, 3.05) is 244 Å². The van der Waals surface area contributed by atoms with E-state index in [0.717, 1.165) is 137 Å². The zero-order valence-corrected chi connectivity index (χ0v) is 80.5. The van der Waals surface area contributed by atoms with Crippen molar-refractivity contribution in [3.63, 3.8) is 0 Å². The van der Waals surface area contributed by atoms with Crippen LogP contribution in [0.4, 0.5) is 22.7 Å². The highest BCUT2D eigenvalue weighted by atomic mass is 16.2. The van der Waals surface area contributed by atoms with Gasteiger partial charge in [-0.05, 0) is 275 Å². The van der Waals surface area contributed by atoms with E-state index in [9.17, 15) is 4.79 Å². The number of benzene rings is 8. The molecule has 0 unspecified atom stereocenters. The van der Waals surface area contributed by atoms with Crippen LogP contribution in [0.1, 0.15) is 163 Å². The molecule has 1 amide bonds. The van der Waals surface area contributed by atoms with E-state index in [0.29, 0.717) is 42.0 Å². The fraction of sp³-hybridized carbons (Fsp3) is 0.504. The van der Waals surface area contributed by atoms with E-state index in [1.807, 2.05) is 4.90 Å². The summed E-state index contributed by atoms with van der Waals surface area (Å²) in [7, 11) is 8.85. The highest BCUT2D eigenvalue weighted by molar-refractivity contribution is 5.92. The van der Waals surface area contributed by atoms with E-state index >= 15 is 0 Å². The van der Waals surface area contributed by atoms with Crippen LogP contribution in [0.5, 0.6) is 0 Å². The molecule has 8 heterocycles. The highest BCUT2D eigenvalue weighted by Gasteiger charge is 2.40. The number of carbonyl (C=O) groups is 1. The molecule has 4 N–H and O–H groups in total. The number of rotatable bonds is 25. The number of piperidine rings is 4. The maximum Gasteiger partial charge on any atom is 0.223 e. The lowest BCUT2D eigenvalue weighted by molar-refractivity contribution is -0.132. The van der Waals surface area contributed by atoms with Crippen LogP contribution in [0.3, 0.4) is 0 Å². The first-order chi connectivity index (χ1) is 64.8. The third-order valence-electron chi connectivity index (χ3n) is 31.8. The predicted octanol–water partition coefficient (Wildman–Crippen LogP) is 16.4. The largest absolute Gasteiger partial charge is 0.371 e. The number of hydrogen-bond acceptors (Lipinski definition) is 16. The summed E-state index contributed by atoms with van der Waals surface area (Å²) in [5.41, 5.74) is 28.4. The van der Waals surface area contributed by atoms with Crippen molar-refractivity contribution in [1.29, 1.82) is 0 Å². The molecule has 21 rings (SSSR count). The van der Waals surface area contributed by atoms with Gasteiger partial charge in [-0.3, -0.25) is 14.6 Å². The first-order valence-corrected chi connectivity index (χ1v) is 51.5. The van der Waals surface area contributed by atoms with Crippen LogP contribution >= 0.6 is 0 Å². The second kappa shape index (κ2) is 46.0. The second-order valence-corrected chi connectivity index (χ2v) is 40.8. The van der Waals surface area contributed by atoms with E-state index in [1.165, 1.54) is 287 Å². The number of hydrogen-bond donors (Lipinski definition) is 4. The van der Waals surface area contributed by atoms with Gasteiger partial charge in [0.1, 0.15) is 0 Å². The quantitative estimate of drug-likeness (QED) is 0.0408. The number of likely N-dealkylation sites (N-methyl/N-ethyl adjacent to an activating group) is 4. The number of nitrogens with zero attached hydrogens (tertiary/aromatic N) is 12. The lowest BCUT2D eigenvalue weighted by Crippen LogP contribution is -2.62. The molecule has 17 nitrogen and oxygen atoms in total. The summed E-state index contributed by atoms with van der Waals surface area (Å²) >= 11 is 0. The van der Waals surface area contributed by atoms with Crippen LogP contribution in [0.25, 0.3) is 46.6 Å². The fourth-order valence-electron chi connectivity index (χ4n) is 23.0. The van der Waals surface area contributed by atoms with Crippen molar-refractivity contribution in [1.82, 2.24) is 60.5 Å². The molecule has 8 aromatic rings. The number of fused-ring (bicyclic) bond motifs is 4. The summed E-state index contributed by atoms with van der Waals surface area (Å²) in [5, 5.41) is 15.4. The zero-order chi connectivity index (χ0) is 89.8. The molecular weight excluding hydrogens is 1620 g/mol. The molecule has 0 aromatic heterocycles. The topological polar surface area (TPSA) is 104 Å². The Labute approximate surface area is 792 Å². The van der Waals surface area contributed by atoms with E-state index in [2.05, 4.69) is 322 Å². The lowest BCUT2D eigenvalue weighted by atomic mass is 9.79.